The van der Waals surface area contributed by atoms with Gasteiger partial charge in [-0.1, -0.05) is 11.8 Å². The topological polar surface area (TPSA) is 61.6 Å². The van der Waals surface area contributed by atoms with E-state index in [-0.39, 0.29) is 6.04 Å². The molecule has 0 fully saturated rings. The summed E-state index contributed by atoms with van der Waals surface area (Å²) < 4.78 is 0. The molecule has 0 aliphatic carbocycles. The van der Waals surface area contributed by atoms with Crippen molar-refractivity contribution in [1.82, 2.24) is 15.3 Å². The predicted molar refractivity (Wildman–Crippen MR) is 65.2 cm³/mol. The van der Waals surface area contributed by atoms with E-state index in [1.807, 2.05) is 26.8 Å². The molecule has 4 nitrogen and oxygen atoms in total. The van der Waals surface area contributed by atoms with Crippen LogP contribution in [0.3, 0.4) is 0 Å². The third-order valence-electron chi connectivity index (χ3n) is 1.84. The van der Waals surface area contributed by atoms with Crippen molar-refractivity contribution in [2.75, 3.05) is 5.75 Å². The number of nitriles is 1. The molecule has 0 amide bonds. The van der Waals surface area contributed by atoms with Crippen LogP contribution in [-0.4, -0.2) is 27.8 Å². The minimum atomic E-state index is -0.158. The van der Waals surface area contributed by atoms with Gasteiger partial charge >= 0.3 is 0 Å². The monoisotopic (exact) mass is 236 g/mol. The molecule has 0 radical (unpaired) electrons. The molecule has 1 aromatic rings. The van der Waals surface area contributed by atoms with Gasteiger partial charge in [0.25, 0.3) is 0 Å². The van der Waals surface area contributed by atoms with Crippen molar-refractivity contribution in [3.63, 3.8) is 0 Å². The van der Waals surface area contributed by atoms with Crippen molar-refractivity contribution in [2.45, 2.75) is 38.0 Å². The highest BCUT2D eigenvalue weighted by atomic mass is 32.2. The Hall–Kier alpha value is -1.12. The van der Waals surface area contributed by atoms with Crippen LogP contribution in [0, 0.1) is 18.3 Å². The number of aryl methyl sites for hydroxylation is 1. The third kappa shape index (κ3) is 4.60. The maximum atomic E-state index is 8.94. The molecule has 86 valence electrons. The summed E-state index contributed by atoms with van der Waals surface area (Å²) in [6, 6.07) is 4.24. The van der Waals surface area contributed by atoms with Crippen LogP contribution >= 0.6 is 11.8 Å². The molecule has 16 heavy (non-hydrogen) atoms. The van der Waals surface area contributed by atoms with Gasteiger partial charge in [-0.15, -0.1) is 0 Å². The van der Waals surface area contributed by atoms with E-state index in [0.717, 1.165) is 10.9 Å². The highest BCUT2D eigenvalue weighted by Gasteiger charge is 2.09. The zero-order valence-corrected chi connectivity index (χ0v) is 10.6. The van der Waals surface area contributed by atoms with E-state index in [0.29, 0.717) is 11.8 Å². The first-order valence-corrected chi connectivity index (χ1v) is 6.18. The maximum absolute atomic E-state index is 8.94. The molecule has 1 heterocycles. The minimum Gasteiger partial charge on any atom is -0.299 e. The van der Waals surface area contributed by atoms with Crippen molar-refractivity contribution in [1.29, 1.82) is 5.26 Å². The van der Waals surface area contributed by atoms with E-state index in [4.69, 9.17) is 5.26 Å². The van der Waals surface area contributed by atoms with Crippen molar-refractivity contribution in [3.8, 4) is 6.07 Å². The van der Waals surface area contributed by atoms with Crippen molar-refractivity contribution >= 4 is 11.8 Å². The first-order valence-electron chi connectivity index (χ1n) is 5.20. The number of rotatable bonds is 5. The molecule has 0 aliphatic rings. The molecule has 5 heteroatoms. The smallest absolute Gasteiger partial charge is 0.187 e. The fourth-order valence-electron chi connectivity index (χ4n) is 1.18. The second-order valence-corrected chi connectivity index (χ2v) is 4.78. The molecule has 0 bridgehead atoms. The van der Waals surface area contributed by atoms with Crippen molar-refractivity contribution in [3.05, 3.63) is 18.0 Å². The molecule has 0 saturated carbocycles. The maximum Gasteiger partial charge on any atom is 0.187 e. The summed E-state index contributed by atoms with van der Waals surface area (Å²) in [5.74, 6) is 0.665. The van der Waals surface area contributed by atoms with Crippen LogP contribution in [0.25, 0.3) is 0 Å². The highest BCUT2D eigenvalue weighted by Crippen LogP contribution is 2.13. The summed E-state index contributed by atoms with van der Waals surface area (Å²) in [6.45, 7) is 5.98. The van der Waals surface area contributed by atoms with E-state index < -0.39 is 0 Å². The summed E-state index contributed by atoms with van der Waals surface area (Å²) in [7, 11) is 0. The zero-order chi connectivity index (χ0) is 12.0. The quantitative estimate of drug-likeness (QED) is 0.623. The zero-order valence-electron chi connectivity index (χ0n) is 9.77. The van der Waals surface area contributed by atoms with Gasteiger partial charge in [0, 0.05) is 23.7 Å². The van der Waals surface area contributed by atoms with Gasteiger partial charge in [-0.05, 0) is 26.8 Å². The lowest BCUT2D eigenvalue weighted by molar-refractivity contribution is 0.560. The predicted octanol–water partition coefficient (Wildman–Crippen LogP) is 1.77. The molecule has 1 unspecified atom stereocenters. The Morgan fingerprint density at radius 3 is 2.88 bits per heavy atom. The Bertz CT molecular complexity index is 372. The van der Waals surface area contributed by atoms with Crippen LogP contribution in [0.2, 0.25) is 0 Å². The summed E-state index contributed by atoms with van der Waals surface area (Å²) in [6.07, 6.45) is 1.74. The molecule has 0 saturated heterocycles. The molecule has 1 N–H and O–H groups in total. The largest absolute Gasteiger partial charge is 0.299 e. The normalized spacial score (nSPS) is 12.4. The van der Waals surface area contributed by atoms with Gasteiger partial charge in [-0.3, -0.25) is 5.32 Å². The van der Waals surface area contributed by atoms with Crippen LogP contribution in [0.15, 0.2) is 17.4 Å². The van der Waals surface area contributed by atoms with E-state index in [1.165, 1.54) is 11.8 Å². The minimum absolute atomic E-state index is 0.158. The lowest BCUT2D eigenvalue weighted by atomic mass is 10.3. The Balaban J connectivity index is 2.47. The van der Waals surface area contributed by atoms with Crippen molar-refractivity contribution in [2.24, 2.45) is 0 Å². The lowest BCUT2D eigenvalue weighted by Crippen LogP contribution is -2.35. The number of hydrogen-bond acceptors (Lipinski definition) is 5. The van der Waals surface area contributed by atoms with E-state index in [9.17, 15) is 0 Å². The van der Waals surface area contributed by atoms with Gasteiger partial charge in [-0.2, -0.15) is 5.26 Å². The second kappa shape index (κ2) is 6.46. The summed E-state index contributed by atoms with van der Waals surface area (Å²) in [4.78, 5) is 8.41. The number of hydrogen-bond donors (Lipinski definition) is 1. The van der Waals surface area contributed by atoms with E-state index in [1.54, 1.807) is 6.20 Å². The standard InChI is InChI=1S/C11H16N4S/c1-8(2)14-10(6-12)7-16-11-13-5-4-9(3)15-11/h4-5,8,10,14H,7H2,1-3H3. The first-order chi connectivity index (χ1) is 7.61. The van der Waals surface area contributed by atoms with Gasteiger partial charge in [-0.25, -0.2) is 9.97 Å². The van der Waals surface area contributed by atoms with Gasteiger partial charge in [0.05, 0.1) is 6.07 Å². The Kier molecular flexibility index (Phi) is 5.23. The number of nitrogens with zero attached hydrogens (tertiary/aromatic N) is 3. The Morgan fingerprint density at radius 2 is 2.31 bits per heavy atom. The van der Waals surface area contributed by atoms with Gasteiger partial charge < -0.3 is 0 Å². The summed E-state index contributed by atoms with van der Waals surface area (Å²) in [5.41, 5.74) is 0.947. The summed E-state index contributed by atoms with van der Waals surface area (Å²) in [5, 5.41) is 12.8. The fraction of sp³-hybridized carbons (Fsp3) is 0.545. The molecule has 1 rings (SSSR count). The number of thioether (sulfide) groups is 1. The molecule has 1 atom stereocenters. The van der Waals surface area contributed by atoms with E-state index >= 15 is 0 Å². The summed E-state index contributed by atoms with van der Waals surface area (Å²) >= 11 is 1.50. The molecular weight excluding hydrogens is 220 g/mol. The number of nitrogens with one attached hydrogen (secondary N) is 1. The first kappa shape index (κ1) is 12.9. The molecular formula is C11H16N4S. The van der Waals surface area contributed by atoms with Crippen LogP contribution in [-0.2, 0) is 0 Å². The van der Waals surface area contributed by atoms with Crippen LogP contribution in [0.1, 0.15) is 19.5 Å². The second-order valence-electron chi connectivity index (χ2n) is 3.79. The highest BCUT2D eigenvalue weighted by molar-refractivity contribution is 7.99. The van der Waals surface area contributed by atoms with Gasteiger partial charge in [0.1, 0.15) is 6.04 Å². The molecule has 0 spiro atoms. The lowest BCUT2D eigenvalue weighted by Gasteiger charge is -2.13. The molecule has 1 aromatic heterocycles. The average Bonchev–Trinajstić information content (AvgIpc) is 2.24. The number of aromatic nitrogens is 2. The Morgan fingerprint density at radius 1 is 1.56 bits per heavy atom. The molecule has 0 aliphatic heterocycles. The average molecular weight is 236 g/mol. The molecule has 0 aromatic carbocycles. The Labute approximate surface area is 100 Å². The van der Waals surface area contributed by atoms with Crippen LogP contribution in [0.4, 0.5) is 0 Å². The van der Waals surface area contributed by atoms with E-state index in [2.05, 4.69) is 21.4 Å². The fourth-order valence-corrected chi connectivity index (χ4v) is 2.01. The van der Waals surface area contributed by atoms with Crippen LogP contribution < -0.4 is 5.32 Å². The van der Waals surface area contributed by atoms with Crippen LogP contribution in [0.5, 0.6) is 0 Å². The van der Waals surface area contributed by atoms with Gasteiger partial charge in [0.2, 0.25) is 0 Å². The SMILES string of the molecule is Cc1ccnc(SCC(C#N)NC(C)C)n1. The third-order valence-corrected chi connectivity index (χ3v) is 2.80. The van der Waals surface area contributed by atoms with Gasteiger partial charge in [0.15, 0.2) is 5.16 Å². The van der Waals surface area contributed by atoms with Crippen molar-refractivity contribution < 1.29 is 0 Å².